The molecule has 126 valence electrons. The summed E-state index contributed by atoms with van der Waals surface area (Å²) in [4.78, 5) is 15.9. The molecular weight excluding hydrogens is 298 g/mol. The van der Waals surface area contributed by atoms with Gasteiger partial charge in [-0.1, -0.05) is 60.7 Å². The molecule has 2 N–H and O–H groups in total. The zero-order valence-corrected chi connectivity index (χ0v) is 14.1. The van der Waals surface area contributed by atoms with Crippen LogP contribution in [-0.2, 0) is 4.79 Å². The minimum Gasteiger partial charge on any atom is -0.340 e. The minimum atomic E-state index is -0.0996. The number of nitrogens with two attached hydrogens (primary N) is 1. The van der Waals surface area contributed by atoms with E-state index >= 15 is 0 Å². The van der Waals surface area contributed by atoms with E-state index in [1.54, 1.807) is 6.92 Å². The predicted octanol–water partition coefficient (Wildman–Crippen LogP) is 2.59. The summed E-state index contributed by atoms with van der Waals surface area (Å²) < 4.78 is 0. The molecule has 2 unspecified atom stereocenters. The van der Waals surface area contributed by atoms with Crippen molar-refractivity contribution in [2.45, 2.75) is 19.0 Å². The molecule has 1 amide bonds. The zero-order valence-electron chi connectivity index (χ0n) is 14.1. The minimum absolute atomic E-state index is 0.0996. The van der Waals surface area contributed by atoms with E-state index in [0.29, 0.717) is 0 Å². The van der Waals surface area contributed by atoms with Gasteiger partial charge >= 0.3 is 0 Å². The number of nitrogens with zero attached hydrogens (tertiary/aromatic N) is 2. The molecule has 1 aliphatic heterocycles. The average molecular weight is 323 g/mol. The van der Waals surface area contributed by atoms with Gasteiger partial charge in [0.05, 0.1) is 6.04 Å². The number of carbonyl (C=O) groups excluding carboxylic acids is 1. The van der Waals surface area contributed by atoms with E-state index in [9.17, 15) is 4.79 Å². The fraction of sp³-hybridized carbons (Fsp3) is 0.350. The second kappa shape index (κ2) is 7.60. The van der Waals surface area contributed by atoms with Gasteiger partial charge in [-0.2, -0.15) is 0 Å². The summed E-state index contributed by atoms with van der Waals surface area (Å²) in [6.07, 6.45) is 0. The largest absolute Gasteiger partial charge is 0.340 e. The van der Waals surface area contributed by atoms with Crippen molar-refractivity contribution in [3.63, 3.8) is 0 Å². The molecule has 4 heteroatoms. The summed E-state index contributed by atoms with van der Waals surface area (Å²) in [6.45, 7) is 4.86. The van der Waals surface area contributed by atoms with Gasteiger partial charge in [-0.3, -0.25) is 9.69 Å². The van der Waals surface area contributed by atoms with Gasteiger partial charge in [-0.05, 0) is 11.1 Å². The van der Waals surface area contributed by atoms with E-state index in [1.807, 2.05) is 29.2 Å². The number of piperazine rings is 1. The summed E-state index contributed by atoms with van der Waals surface area (Å²) in [5, 5.41) is 0. The summed E-state index contributed by atoms with van der Waals surface area (Å²) in [6, 6.07) is 20.7. The Kier molecular flexibility index (Phi) is 5.28. The van der Waals surface area contributed by atoms with Gasteiger partial charge in [0.15, 0.2) is 0 Å². The fourth-order valence-electron chi connectivity index (χ4n) is 3.47. The van der Waals surface area contributed by atoms with Gasteiger partial charge < -0.3 is 10.6 Å². The molecular formula is C20H25N3O. The van der Waals surface area contributed by atoms with Crippen LogP contribution in [0.4, 0.5) is 0 Å². The Labute approximate surface area is 143 Å². The highest BCUT2D eigenvalue weighted by atomic mass is 16.2. The molecule has 3 rings (SSSR count). The number of hydrogen-bond acceptors (Lipinski definition) is 3. The summed E-state index contributed by atoms with van der Waals surface area (Å²) in [5.41, 5.74) is 9.04. The first-order chi connectivity index (χ1) is 11.7. The molecule has 4 nitrogen and oxygen atoms in total. The first kappa shape index (κ1) is 16.7. The number of benzene rings is 2. The molecule has 0 aliphatic carbocycles. The predicted molar refractivity (Wildman–Crippen MR) is 96.4 cm³/mol. The van der Waals surface area contributed by atoms with E-state index in [-0.39, 0.29) is 18.0 Å². The lowest BCUT2D eigenvalue weighted by Gasteiger charge is -2.41. The van der Waals surface area contributed by atoms with Crippen LogP contribution < -0.4 is 5.73 Å². The lowest BCUT2D eigenvalue weighted by atomic mass is 9.92. The maximum Gasteiger partial charge on any atom is 0.219 e. The van der Waals surface area contributed by atoms with E-state index in [1.165, 1.54) is 5.56 Å². The Morgan fingerprint density at radius 1 is 0.875 bits per heavy atom. The normalized spacial score (nSPS) is 18.2. The topological polar surface area (TPSA) is 49.6 Å². The Hall–Kier alpha value is -2.17. The van der Waals surface area contributed by atoms with Crippen molar-refractivity contribution < 1.29 is 4.79 Å². The first-order valence-electron chi connectivity index (χ1n) is 8.52. The molecule has 1 aliphatic rings. The van der Waals surface area contributed by atoms with Crippen LogP contribution in [-0.4, -0.2) is 41.9 Å². The Morgan fingerprint density at radius 3 is 1.88 bits per heavy atom. The number of hydrogen-bond donors (Lipinski definition) is 1. The van der Waals surface area contributed by atoms with Gasteiger partial charge in [0, 0.05) is 39.1 Å². The van der Waals surface area contributed by atoms with Crippen LogP contribution in [0.25, 0.3) is 0 Å². The molecule has 2 aromatic carbocycles. The third-order valence-electron chi connectivity index (χ3n) is 4.82. The third-order valence-corrected chi connectivity index (χ3v) is 4.82. The first-order valence-corrected chi connectivity index (χ1v) is 8.52. The quantitative estimate of drug-likeness (QED) is 0.941. The van der Waals surface area contributed by atoms with Crippen LogP contribution in [0.5, 0.6) is 0 Å². The van der Waals surface area contributed by atoms with Crippen molar-refractivity contribution in [2.24, 2.45) is 5.73 Å². The van der Waals surface area contributed by atoms with Crippen LogP contribution in [0.15, 0.2) is 60.7 Å². The van der Waals surface area contributed by atoms with Crippen LogP contribution in [0.3, 0.4) is 0 Å². The molecule has 2 atom stereocenters. The van der Waals surface area contributed by atoms with E-state index < -0.39 is 0 Å². The van der Waals surface area contributed by atoms with Gasteiger partial charge in [-0.25, -0.2) is 0 Å². The zero-order chi connectivity index (χ0) is 16.9. The van der Waals surface area contributed by atoms with Crippen LogP contribution in [0.2, 0.25) is 0 Å². The van der Waals surface area contributed by atoms with E-state index in [0.717, 1.165) is 31.7 Å². The van der Waals surface area contributed by atoms with Gasteiger partial charge in [0.2, 0.25) is 5.91 Å². The maximum atomic E-state index is 11.6. The molecule has 0 aromatic heterocycles. The van der Waals surface area contributed by atoms with Crippen molar-refractivity contribution in [3.8, 4) is 0 Å². The van der Waals surface area contributed by atoms with Crippen molar-refractivity contribution in [2.75, 3.05) is 26.2 Å². The van der Waals surface area contributed by atoms with Crippen LogP contribution >= 0.6 is 0 Å². The maximum absolute atomic E-state index is 11.6. The molecule has 0 bridgehead atoms. The molecule has 1 heterocycles. The average Bonchev–Trinajstić information content (AvgIpc) is 2.64. The number of rotatable bonds is 4. The summed E-state index contributed by atoms with van der Waals surface area (Å²) in [7, 11) is 0. The molecule has 1 fully saturated rings. The van der Waals surface area contributed by atoms with E-state index in [4.69, 9.17) is 5.73 Å². The SMILES string of the molecule is CC(=O)N1CCN(C(c2ccccc2)C(N)c2ccccc2)CC1. The lowest BCUT2D eigenvalue weighted by Crippen LogP contribution is -2.50. The number of amides is 1. The Balaban J connectivity index is 1.85. The smallest absolute Gasteiger partial charge is 0.219 e. The molecule has 2 aromatic rings. The van der Waals surface area contributed by atoms with Crippen molar-refractivity contribution in [1.29, 1.82) is 0 Å². The van der Waals surface area contributed by atoms with Crippen LogP contribution in [0, 0.1) is 0 Å². The lowest BCUT2D eigenvalue weighted by molar-refractivity contribution is -0.131. The highest BCUT2D eigenvalue weighted by Crippen LogP contribution is 2.33. The van der Waals surface area contributed by atoms with Crippen molar-refractivity contribution in [3.05, 3.63) is 71.8 Å². The summed E-state index contributed by atoms with van der Waals surface area (Å²) in [5.74, 6) is 0.151. The standard InChI is InChI=1S/C20H25N3O/c1-16(24)22-12-14-23(15-13-22)20(18-10-6-3-7-11-18)19(21)17-8-4-2-5-9-17/h2-11,19-20H,12-15,21H2,1H3. The van der Waals surface area contributed by atoms with Gasteiger partial charge in [0.25, 0.3) is 0 Å². The van der Waals surface area contributed by atoms with Gasteiger partial charge in [-0.15, -0.1) is 0 Å². The Morgan fingerprint density at radius 2 is 1.38 bits per heavy atom. The van der Waals surface area contributed by atoms with Crippen molar-refractivity contribution >= 4 is 5.91 Å². The second-order valence-electron chi connectivity index (χ2n) is 6.33. The Bertz CT molecular complexity index is 651. The molecule has 1 saturated heterocycles. The summed E-state index contributed by atoms with van der Waals surface area (Å²) >= 11 is 0. The third kappa shape index (κ3) is 3.66. The van der Waals surface area contributed by atoms with E-state index in [2.05, 4.69) is 41.3 Å². The molecule has 24 heavy (non-hydrogen) atoms. The molecule has 0 radical (unpaired) electrons. The monoisotopic (exact) mass is 323 g/mol. The van der Waals surface area contributed by atoms with Crippen LogP contribution in [0.1, 0.15) is 30.1 Å². The second-order valence-corrected chi connectivity index (χ2v) is 6.33. The molecule has 0 spiro atoms. The van der Waals surface area contributed by atoms with Gasteiger partial charge in [0.1, 0.15) is 0 Å². The van der Waals surface area contributed by atoms with Crippen molar-refractivity contribution in [1.82, 2.24) is 9.80 Å². The highest BCUT2D eigenvalue weighted by Gasteiger charge is 2.30. The fourth-order valence-corrected chi connectivity index (χ4v) is 3.47. The number of carbonyl (C=O) groups is 1. The molecule has 0 saturated carbocycles. The highest BCUT2D eigenvalue weighted by molar-refractivity contribution is 5.73.